The van der Waals surface area contributed by atoms with Gasteiger partial charge in [-0.3, -0.25) is 14.8 Å². The van der Waals surface area contributed by atoms with E-state index in [0.717, 1.165) is 19.3 Å². The summed E-state index contributed by atoms with van der Waals surface area (Å²) < 4.78 is 1.83. The van der Waals surface area contributed by atoms with Gasteiger partial charge in [-0.15, -0.1) is 0 Å². The first kappa shape index (κ1) is 24.4. The van der Waals surface area contributed by atoms with E-state index in [9.17, 15) is 15.0 Å². The zero-order chi connectivity index (χ0) is 25.1. The van der Waals surface area contributed by atoms with Gasteiger partial charge in [-0.05, 0) is 80.8 Å². The Kier molecular flexibility index (Phi) is 7.16. The van der Waals surface area contributed by atoms with Crippen LogP contribution in [0.4, 0.5) is 11.6 Å². The third-order valence-corrected chi connectivity index (χ3v) is 6.12. The van der Waals surface area contributed by atoms with Gasteiger partial charge in [0, 0.05) is 25.0 Å². The molecule has 1 aliphatic rings. The topological polar surface area (TPSA) is 122 Å². The number of aryl methyl sites for hydroxylation is 1. The van der Waals surface area contributed by atoms with Crippen LogP contribution in [-0.4, -0.2) is 50.2 Å². The second kappa shape index (κ2) is 10.3. The number of nitrogens with zero attached hydrogens (tertiary/aromatic N) is 6. The maximum Gasteiger partial charge on any atom is 0.246 e. The Labute approximate surface area is 208 Å². The third-order valence-electron chi connectivity index (χ3n) is 5.83. The van der Waals surface area contributed by atoms with Crippen LogP contribution >= 0.6 is 11.6 Å². The number of fused-ring (bicyclic) bond motifs is 1. The van der Waals surface area contributed by atoms with Crippen molar-refractivity contribution in [2.24, 2.45) is 9.98 Å². The van der Waals surface area contributed by atoms with Crippen LogP contribution in [0.2, 0.25) is 5.02 Å². The minimum absolute atomic E-state index is 0.156. The molecule has 0 N–H and O–H groups in total. The van der Waals surface area contributed by atoms with Gasteiger partial charge in [-0.25, -0.2) is 9.98 Å². The summed E-state index contributed by atoms with van der Waals surface area (Å²) in [6.07, 6.45) is 5.32. The number of halogens is 1. The summed E-state index contributed by atoms with van der Waals surface area (Å²) in [5, 5.41) is 24.9. The lowest BCUT2D eigenvalue weighted by molar-refractivity contribution is -0.215. The maximum absolute atomic E-state index is 13.0. The minimum atomic E-state index is -0.468. The van der Waals surface area contributed by atoms with E-state index in [1.165, 1.54) is 13.0 Å². The standard InChI is InChI=1S/C25H27ClN6O3/c1-4-22(34)31-10-6-5-7-19(14-31)32-23-20(26)12-18(28-16(3)33)13-21(23)29-25(32)30-24(35)17-8-9-27-15(2)11-17/h4,8-9,11-13,19H,1,5-7,10,14H2,2-3H3,(H,28,33)(H,29,30,35)/p-2. The van der Waals surface area contributed by atoms with E-state index in [-0.39, 0.29) is 23.8 Å². The van der Waals surface area contributed by atoms with Crippen molar-refractivity contribution in [3.05, 3.63) is 59.4 Å². The number of imidazole rings is 1. The number of hydrogen-bond donors (Lipinski definition) is 0. The van der Waals surface area contributed by atoms with Crippen LogP contribution in [0.25, 0.3) is 11.0 Å². The van der Waals surface area contributed by atoms with Crippen molar-refractivity contribution in [1.82, 2.24) is 19.4 Å². The third kappa shape index (κ3) is 5.35. The molecule has 3 aromatic rings. The number of amides is 1. The highest BCUT2D eigenvalue weighted by Gasteiger charge is 2.27. The first-order valence-corrected chi connectivity index (χ1v) is 11.7. The number of pyridine rings is 1. The van der Waals surface area contributed by atoms with E-state index < -0.39 is 5.90 Å². The Hall–Kier alpha value is -3.72. The fourth-order valence-corrected chi connectivity index (χ4v) is 4.62. The van der Waals surface area contributed by atoms with Gasteiger partial charge in [0.15, 0.2) is 0 Å². The van der Waals surface area contributed by atoms with Gasteiger partial charge >= 0.3 is 0 Å². The van der Waals surface area contributed by atoms with Crippen molar-refractivity contribution >= 4 is 52.0 Å². The highest BCUT2D eigenvalue weighted by Crippen LogP contribution is 2.37. The summed E-state index contributed by atoms with van der Waals surface area (Å²) in [5.74, 6) is -0.809. The zero-order valence-corrected chi connectivity index (χ0v) is 20.3. The predicted octanol–water partition coefficient (Wildman–Crippen LogP) is 2.98. The zero-order valence-electron chi connectivity index (χ0n) is 19.6. The molecule has 0 saturated carbocycles. The monoisotopic (exact) mass is 492 g/mol. The first-order chi connectivity index (χ1) is 16.8. The molecular formula is C25H25ClN6O3-2. The summed E-state index contributed by atoms with van der Waals surface area (Å²) in [6.45, 7) is 7.77. The molecule has 1 atom stereocenters. The van der Waals surface area contributed by atoms with Gasteiger partial charge in [0.25, 0.3) is 0 Å². The second-order valence-electron chi connectivity index (χ2n) is 8.45. The molecule has 1 aliphatic heterocycles. The molecule has 35 heavy (non-hydrogen) atoms. The summed E-state index contributed by atoms with van der Waals surface area (Å²) >= 11 is 6.66. The van der Waals surface area contributed by atoms with Crippen LogP contribution in [-0.2, 0) is 4.79 Å². The van der Waals surface area contributed by atoms with Crippen molar-refractivity contribution in [3.8, 4) is 0 Å². The molecule has 4 rings (SSSR count). The van der Waals surface area contributed by atoms with Gasteiger partial charge in [-0.2, -0.15) is 0 Å². The van der Waals surface area contributed by atoms with Gasteiger partial charge in [0.05, 0.1) is 27.8 Å². The molecule has 1 saturated heterocycles. The minimum Gasteiger partial charge on any atom is -0.862 e. The Morgan fingerprint density at radius 1 is 1.26 bits per heavy atom. The van der Waals surface area contributed by atoms with Crippen LogP contribution in [0.3, 0.4) is 0 Å². The molecule has 3 heterocycles. The van der Waals surface area contributed by atoms with Crippen molar-refractivity contribution in [2.45, 2.75) is 39.2 Å². The lowest BCUT2D eigenvalue weighted by Gasteiger charge is -2.26. The number of aliphatic imine (C=N–C) groups is 2. The molecule has 0 bridgehead atoms. The molecule has 182 valence electrons. The van der Waals surface area contributed by atoms with Crippen LogP contribution in [0.5, 0.6) is 0 Å². The molecule has 1 aromatic carbocycles. The lowest BCUT2D eigenvalue weighted by atomic mass is 10.1. The number of carbonyl (C=O) groups excluding carboxylic acids is 1. The molecule has 2 aromatic heterocycles. The molecule has 1 unspecified atom stereocenters. The quantitative estimate of drug-likeness (QED) is 0.308. The van der Waals surface area contributed by atoms with E-state index in [0.29, 0.717) is 46.1 Å². The van der Waals surface area contributed by atoms with E-state index in [1.807, 2.05) is 4.57 Å². The largest absolute Gasteiger partial charge is 0.862 e. The van der Waals surface area contributed by atoms with Crippen molar-refractivity contribution < 1.29 is 15.0 Å². The normalized spacial score (nSPS) is 17.5. The predicted molar refractivity (Wildman–Crippen MR) is 132 cm³/mol. The van der Waals surface area contributed by atoms with Crippen molar-refractivity contribution in [1.29, 1.82) is 0 Å². The van der Waals surface area contributed by atoms with Crippen LogP contribution < -0.4 is 10.2 Å². The number of aromatic nitrogens is 3. The van der Waals surface area contributed by atoms with Crippen molar-refractivity contribution in [3.63, 3.8) is 0 Å². The highest BCUT2D eigenvalue weighted by atomic mass is 35.5. The van der Waals surface area contributed by atoms with Crippen molar-refractivity contribution in [2.75, 3.05) is 13.1 Å². The molecule has 0 spiro atoms. The smallest absolute Gasteiger partial charge is 0.246 e. The van der Waals surface area contributed by atoms with Gasteiger partial charge < -0.3 is 19.7 Å². The molecule has 10 heteroatoms. The Morgan fingerprint density at radius 3 is 2.77 bits per heavy atom. The number of hydrogen-bond acceptors (Lipinski definition) is 7. The maximum atomic E-state index is 13.0. The summed E-state index contributed by atoms with van der Waals surface area (Å²) in [7, 11) is 0. The van der Waals surface area contributed by atoms with Gasteiger partial charge in [0.2, 0.25) is 11.9 Å². The Balaban J connectivity index is 1.90. The molecular weight excluding hydrogens is 468 g/mol. The number of carbonyl (C=O) groups is 1. The molecule has 1 fully saturated rings. The molecule has 1 amide bonds. The molecule has 0 aliphatic carbocycles. The second-order valence-corrected chi connectivity index (χ2v) is 8.86. The Bertz CT molecular complexity index is 1340. The average molecular weight is 493 g/mol. The number of likely N-dealkylation sites (tertiary alicyclic amines) is 1. The first-order valence-electron chi connectivity index (χ1n) is 11.3. The fraction of sp³-hybridized carbons (Fsp3) is 0.320. The number of benzene rings is 1. The van der Waals surface area contributed by atoms with E-state index >= 15 is 0 Å². The van der Waals surface area contributed by atoms with Crippen LogP contribution in [0.15, 0.2) is 53.1 Å². The average Bonchev–Trinajstić information content (AvgIpc) is 2.99. The number of rotatable bonds is 5. The highest BCUT2D eigenvalue weighted by molar-refractivity contribution is 6.35. The van der Waals surface area contributed by atoms with E-state index in [2.05, 4.69) is 26.5 Å². The van der Waals surface area contributed by atoms with Crippen LogP contribution in [0.1, 0.15) is 43.5 Å². The van der Waals surface area contributed by atoms with Crippen LogP contribution in [0, 0.1) is 6.92 Å². The summed E-state index contributed by atoms with van der Waals surface area (Å²) in [5.41, 5.74) is 2.48. The fourth-order valence-electron chi connectivity index (χ4n) is 4.32. The Morgan fingerprint density at radius 2 is 2.06 bits per heavy atom. The molecule has 0 radical (unpaired) electrons. The van der Waals surface area contributed by atoms with Gasteiger partial charge in [-0.1, -0.05) is 18.2 Å². The van der Waals surface area contributed by atoms with E-state index in [4.69, 9.17) is 11.6 Å². The van der Waals surface area contributed by atoms with E-state index in [1.54, 1.807) is 42.3 Å². The summed E-state index contributed by atoms with van der Waals surface area (Å²) in [6, 6.07) is 6.27. The summed E-state index contributed by atoms with van der Waals surface area (Å²) in [4.78, 5) is 31.2. The molecule has 9 nitrogen and oxygen atoms in total. The SMILES string of the molecule is C=CC(=O)N1CCCCC(n2c(N=C([O-])c3ccnc(C)c3)nc3cc(N=C(C)[O-])cc(Cl)c32)C1. The lowest BCUT2D eigenvalue weighted by Crippen LogP contribution is -2.34. The van der Waals surface area contributed by atoms with Gasteiger partial charge in [0.1, 0.15) is 0 Å².